The molecule has 0 bridgehead atoms. The second-order valence-corrected chi connectivity index (χ2v) is 4.86. The standard InChI is InChI=1S/C13H24N2O2/c1-4-5-9-14(3)13(17)8-10-15(11(2)16)12-6-7-12/h12H,4-10H2,1-3H3. The summed E-state index contributed by atoms with van der Waals surface area (Å²) in [6, 6.07) is 0.404. The Morgan fingerprint density at radius 1 is 1.24 bits per heavy atom. The Labute approximate surface area is 104 Å². The van der Waals surface area contributed by atoms with Gasteiger partial charge in [0.2, 0.25) is 11.8 Å². The largest absolute Gasteiger partial charge is 0.346 e. The van der Waals surface area contributed by atoms with Gasteiger partial charge in [-0.3, -0.25) is 9.59 Å². The molecule has 1 fully saturated rings. The molecule has 1 aliphatic rings. The van der Waals surface area contributed by atoms with Crippen molar-refractivity contribution in [2.24, 2.45) is 0 Å². The van der Waals surface area contributed by atoms with Gasteiger partial charge in [0.05, 0.1) is 0 Å². The Bertz CT molecular complexity index is 275. The third-order valence-electron chi connectivity index (χ3n) is 3.23. The average molecular weight is 240 g/mol. The summed E-state index contributed by atoms with van der Waals surface area (Å²) in [5, 5.41) is 0. The van der Waals surface area contributed by atoms with Crippen molar-refractivity contribution in [2.75, 3.05) is 20.1 Å². The van der Waals surface area contributed by atoms with E-state index in [1.165, 1.54) is 0 Å². The number of nitrogens with zero attached hydrogens (tertiary/aromatic N) is 2. The van der Waals surface area contributed by atoms with Gasteiger partial charge in [0.1, 0.15) is 0 Å². The van der Waals surface area contributed by atoms with E-state index in [1.807, 2.05) is 11.9 Å². The van der Waals surface area contributed by atoms with Gasteiger partial charge in [-0.05, 0) is 19.3 Å². The first-order valence-corrected chi connectivity index (χ1v) is 6.57. The van der Waals surface area contributed by atoms with Gasteiger partial charge in [0, 0.05) is 39.5 Å². The molecule has 17 heavy (non-hydrogen) atoms. The van der Waals surface area contributed by atoms with Crippen LogP contribution in [0.1, 0.15) is 46.0 Å². The van der Waals surface area contributed by atoms with Crippen LogP contribution < -0.4 is 0 Å². The second-order valence-electron chi connectivity index (χ2n) is 4.86. The predicted octanol–water partition coefficient (Wildman–Crippen LogP) is 1.65. The van der Waals surface area contributed by atoms with Crippen molar-refractivity contribution in [1.29, 1.82) is 0 Å². The highest BCUT2D eigenvalue weighted by Gasteiger charge is 2.30. The average Bonchev–Trinajstić information content (AvgIpc) is 3.09. The number of carbonyl (C=O) groups is 2. The zero-order chi connectivity index (χ0) is 12.8. The van der Waals surface area contributed by atoms with Crippen LogP contribution in [0.4, 0.5) is 0 Å². The maximum atomic E-state index is 11.8. The molecule has 98 valence electrons. The highest BCUT2D eigenvalue weighted by Crippen LogP contribution is 2.26. The summed E-state index contributed by atoms with van der Waals surface area (Å²) in [6.45, 7) is 5.10. The summed E-state index contributed by atoms with van der Waals surface area (Å²) in [7, 11) is 1.84. The van der Waals surface area contributed by atoms with Crippen molar-refractivity contribution in [3.8, 4) is 0 Å². The molecule has 1 rings (SSSR count). The summed E-state index contributed by atoms with van der Waals surface area (Å²) in [5.74, 6) is 0.238. The topological polar surface area (TPSA) is 40.6 Å². The maximum Gasteiger partial charge on any atom is 0.224 e. The van der Waals surface area contributed by atoms with Gasteiger partial charge in [-0.2, -0.15) is 0 Å². The van der Waals surface area contributed by atoms with E-state index in [9.17, 15) is 9.59 Å². The van der Waals surface area contributed by atoms with E-state index in [4.69, 9.17) is 0 Å². The van der Waals surface area contributed by atoms with Crippen LogP contribution in [-0.4, -0.2) is 47.8 Å². The fourth-order valence-electron chi connectivity index (χ4n) is 1.91. The molecule has 0 radical (unpaired) electrons. The molecule has 4 heteroatoms. The predicted molar refractivity (Wildman–Crippen MR) is 67.6 cm³/mol. The molecule has 0 heterocycles. The monoisotopic (exact) mass is 240 g/mol. The van der Waals surface area contributed by atoms with Crippen LogP contribution in [0.3, 0.4) is 0 Å². The minimum atomic E-state index is 0.0940. The zero-order valence-electron chi connectivity index (χ0n) is 11.2. The van der Waals surface area contributed by atoms with Gasteiger partial charge in [0.15, 0.2) is 0 Å². The molecule has 0 aromatic rings. The molecule has 0 N–H and O–H groups in total. The summed E-state index contributed by atoms with van der Waals surface area (Å²) in [5.41, 5.74) is 0. The van der Waals surface area contributed by atoms with Crippen LogP contribution in [0.2, 0.25) is 0 Å². The van der Waals surface area contributed by atoms with Crippen molar-refractivity contribution in [1.82, 2.24) is 9.80 Å². The fraction of sp³-hybridized carbons (Fsp3) is 0.846. The molecule has 1 saturated carbocycles. The first-order valence-electron chi connectivity index (χ1n) is 6.57. The van der Waals surface area contributed by atoms with Crippen LogP contribution in [0.25, 0.3) is 0 Å². The van der Waals surface area contributed by atoms with Crippen LogP contribution in [0.5, 0.6) is 0 Å². The molecule has 0 aromatic heterocycles. The van der Waals surface area contributed by atoms with Gasteiger partial charge in [0.25, 0.3) is 0 Å². The highest BCUT2D eigenvalue weighted by molar-refractivity contribution is 5.78. The van der Waals surface area contributed by atoms with E-state index >= 15 is 0 Å². The third kappa shape index (κ3) is 4.75. The van der Waals surface area contributed by atoms with E-state index in [0.29, 0.717) is 19.0 Å². The zero-order valence-corrected chi connectivity index (χ0v) is 11.2. The number of carbonyl (C=O) groups excluding carboxylic acids is 2. The lowest BCUT2D eigenvalue weighted by molar-refractivity contribution is -0.133. The molecule has 0 aromatic carbocycles. The first-order chi connectivity index (χ1) is 8.06. The number of amides is 2. The smallest absolute Gasteiger partial charge is 0.224 e. The molecule has 0 unspecified atom stereocenters. The first kappa shape index (κ1) is 14.0. The van der Waals surface area contributed by atoms with Gasteiger partial charge < -0.3 is 9.80 Å². The minimum Gasteiger partial charge on any atom is -0.346 e. The van der Waals surface area contributed by atoms with Gasteiger partial charge in [-0.15, -0.1) is 0 Å². The molecule has 1 aliphatic carbocycles. The Balaban J connectivity index is 2.28. The minimum absolute atomic E-state index is 0.0940. The Hall–Kier alpha value is -1.06. The molecule has 0 aliphatic heterocycles. The summed E-state index contributed by atoms with van der Waals surface area (Å²) in [4.78, 5) is 26.8. The summed E-state index contributed by atoms with van der Waals surface area (Å²) >= 11 is 0. The molecule has 0 atom stereocenters. The molecule has 4 nitrogen and oxygen atoms in total. The van der Waals surface area contributed by atoms with Gasteiger partial charge >= 0.3 is 0 Å². The van der Waals surface area contributed by atoms with E-state index < -0.39 is 0 Å². The van der Waals surface area contributed by atoms with E-state index in [2.05, 4.69) is 6.92 Å². The molecule has 2 amide bonds. The molecular formula is C13H24N2O2. The highest BCUT2D eigenvalue weighted by atomic mass is 16.2. The summed E-state index contributed by atoms with van der Waals surface area (Å²) < 4.78 is 0. The van der Waals surface area contributed by atoms with E-state index in [0.717, 1.165) is 32.2 Å². The lowest BCUT2D eigenvalue weighted by atomic mass is 10.3. The van der Waals surface area contributed by atoms with Crippen LogP contribution in [0.15, 0.2) is 0 Å². The quantitative estimate of drug-likeness (QED) is 0.679. The second kappa shape index (κ2) is 6.62. The van der Waals surface area contributed by atoms with Crippen molar-refractivity contribution in [2.45, 2.75) is 52.0 Å². The van der Waals surface area contributed by atoms with Gasteiger partial charge in [-0.25, -0.2) is 0 Å². The third-order valence-corrected chi connectivity index (χ3v) is 3.23. The Morgan fingerprint density at radius 2 is 1.88 bits per heavy atom. The van der Waals surface area contributed by atoms with Crippen molar-refractivity contribution in [3.63, 3.8) is 0 Å². The number of rotatable bonds is 7. The number of hydrogen-bond acceptors (Lipinski definition) is 2. The lowest BCUT2D eigenvalue weighted by Crippen LogP contribution is -2.36. The van der Waals surface area contributed by atoms with Crippen LogP contribution in [-0.2, 0) is 9.59 Å². The fourth-order valence-corrected chi connectivity index (χ4v) is 1.91. The van der Waals surface area contributed by atoms with E-state index in [-0.39, 0.29) is 11.8 Å². The van der Waals surface area contributed by atoms with Crippen molar-refractivity contribution >= 4 is 11.8 Å². The SMILES string of the molecule is CCCCN(C)C(=O)CCN(C(C)=O)C1CC1. The Kier molecular flexibility index (Phi) is 5.45. The lowest BCUT2D eigenvalue weighted by Gasteiger charge is -2.22. The van der Waals surface area contributed by atoms with Crippen LogP contribution >= 0.6 is 0 Å². The number of unbranched alkanes of at least 4 members (excludes halogenated alkanes) is 1. The summed E-state index contributed by atoms with van der Waals surface area (Å²) in [6.07, 6.45) is 4.79. The van der Waals surface area contributed by atoms with Crippen molar-refractivity contribution in [3.05, 3.63) is 0 Å². The molecular weight excluding hydrogens is 216 g/mol. The molecule has 0 spiro atoms. The van der Waals surface area contributed by atoms with Crippen LogP contribution in [0, 0.1) is 0 Å². The maximum absolute atomic E-state index is 11.8. The van der Waals surface area contributed by atoms with E-state index in [1.54, 1.807) is 11.8 Å². The molecule has 0 saturated heterocycles. The van der Waals surface area contributed by atoms with Crippen molar-refractivity contribution < 1.29 is 9.59 Å². The normalized spacial score (nSPS) is 14.5. The number of hydrogen-bond donors (Lipinski definition) is 0. The Morgan fingerprint density at radius 3 is 2.35 bits per heavy atom. The van der Waals surface area contributed by atoms with Gasteiger partial charge in [-0.1, -0.05) is 13.3 Å².